The normalized spacial score (nSPS) is 10.6. The highest BCUT2D eigenvalue weighted by atomic mass is 16.5. The maximum Gasteiger partial charge on any atom is 0.195 e. The number of hydrogen-bond donors (Lipinski definition) is 2. The van der Waals surface area contributed by atoms with Gasteiger partial charge < -0.3 is 15.5 Å². The first-order valence-corrected chi connectivity index (χ1v) is 8.62. The van der Waals surface area contributed by atoms with Crippen LogP contribution in [0.25, 0.3) is 11.0 Å². The van der Waals surface area contributed by atoms with Crippen LogP contribution in [0.3, 0.4) is 0 Å². The summed E-state index contributed by atoms with van der Waals surface area (Å²) in [5.41, 5.74) is 8.74. The van der Waals surface area contributed by atoms with Gasteiger partial charge in [-0.05, 0) is 42.8 Å². The van der Waals surface area contributed by atoms with Crippen molar-refractivity contribution in [3.63, 3.8) is 0 Å². The van der Waals surface area contributed by atoms with Crippen LogP contribution in [0.2, 0.25) is 0 Å². The van der Waals surface area contributed by atoms with E-state index in [9.17, 15) is 10.1 Å². The number of rotatable bonds is 4. The Morgan fingerprint density at radius 1 is 1.14 bits per heavy atom. The van der Waals surface area contributed by atoms with Crippen LogP contribution in [0, 0.1) is 18.3 Å². The van der Waals surface area contributed by atoms with Crippen LogP contribution < -0.4 is 10.5 Å². The molecule has 28 heavy (non-hydrogen) atoms. The van der Waals surface area contributed by atoms with Crippen LogP contribution in [0.4, 0.5) is 5.69 Å². The van der Waals surface area contributed by atoms with Crippen molar-refractivity contribution in [2.75, 3.05) is 5.73 Å². The number of para-hydroxylation sites is 1. The predicted octanol–water partition coefficient (Wildman–Crippen LogP) is 4.35. The molecule has 2 heterocycles. The minimum atomic E-state index is -0.196. The average molecular weight is 368 g/mol. The van der Waals surface area contributed by atoms with E-state index in [0.29, 0.717) is 27.9 Å². The first kappa shape index (κ1) is 17.3. The number of nitriles is 1. The summed E-state index contributed by atoms with van der Waals surface area (Å²) in [5.74, 6) is 1.17. The number of carbonyl (C=O) groups is 1. The molecule has 136 valence electrons. The summed E-state index contributed by atoms with van der Waals surface area (Å²) in [6.45, 7) is 1.85. The van der Waals surface area contributed by atoms with Gasteiger partial charge in [0.2, 0.25) is 0 Å². The topological polar surface area (TPSA) is 105 Å². The van der Waals surface area contributed by atoms with E-state index in [0.717, 1.165) is 11.3 Å². The molecule has 0 aliphatic heterocycles. The van der Waals surface area contributed by atoms with Crippen molar-refractivity contribution in [2.24, 2.45) is 0 Å². The van der Waals surface area contributed by atoms with Crippen LogP contribution in [0.1, 0.15) is 27.0 Å². The van der Waals surface area contributed by atoms with E-state index < -0.39 is 0 Å². The molecule has 0 fully saturated rings. The monoisotopic (exact) mass is 368 g/mol. The molecule has 2 aromatic carbocycles. The van der Waals surface area contributed by atoms with Crippen LogP contribution >= 0.6 is 0 Å². The molecule has 0 saturated heterocycles. The number of nitrogens with two attached hydrogens (primary N) is 1. The molecule has 0 aliphatic rings. The number of nitrogen functional groups attached to an aromatic ring is 1. The molecule has 0 amide bonds. The quantitative estimate of drug-likeness (QED) is 0.521. The molecular weight excluding hydrogens is 352 g/mol. The fourth-order valence-electron chi connectivity index (χ4n) is 3.11. The second-order valence-corrected chi connectivity index (χ2v) is 6.34. The van der Waals surface area contributed by atoms with Gasteiger partial charge in [-0.2, -0.15) is 5.26 Å². The van der Waals surface area contributed by atoms with E-state index in [4.69, 9.17) is 10.5 Å². The number of carbonyl (C=O) groups excluding carboxylic acids is 1. The fourth-order valence-corrected chi connectivity index (χ4v) is 3.11. The molecule has 3 N–H and O–H groups in total. The van der Waals surface area contributed by atoms with Crippen LogP contribution in [-0.4, -0.2) is 15.8 Å². The highest BCUT2D eigenvalue weighted by molar-refractivity contribution is 6.19. The Kier molecular flexibility index (Phi) is 4.26. The van der Waals surface area contributed by atoms with Crippen molar-refractivity contribution in [3.05, 3.63) is 83.2 Å². The number of ether oxygens (including phenoxy) is 1. The van der Waals surface area contributed by atoms with Gasteiger partial charge in [-0.1, -0.05) is 18.2 Å². The number of pyridine rings is 1. The van der Waals surface area contributed by atoms with Crippen LogP contribution in [0.15, 0.2) is 60.9 Å². The molecule has 0 bridgehead atoms. The van der Waals surface area contributed by atoms with E-state index in [1.807, 2.05) is 49.4 Å². The maximum atomic E-state index is 13.1. The second kappa shape index (κ2) is 6.89. The summed E-state index contributed by atoms with van der Waals surface area (Å²) in [6, 6.07) is 16.7. The number of benzene rings is 2. The van der Waals surface area contributed by atoms with Crippen molar-refractivity contribution in [3.8, 4) is 17.6 Å². The Hall–Kier alpha value is -4.11. The van der Waals surface area contributed by atoms with E-state index >= 15 is 0 Å². The van der Waals surface area contributed by atoms with Crippen molar-refractivity contribution in [1.29, 1.82) is 5.26 Å². The molecule has 0 atom stereocenters. The van der Waals surface area contributed by atoms with Gasteiger partial charge >= 0.3 is 0 Å². The Labute approximate surface area is 161 Å². The zero-order valence-corrected chi connectivity index (χ0v) is 15.1. The Balaban J connectivity index is 1.71. The third-order valence-corrected chi connectivity index (χ3v) is 4.53. The first-order chi connectivity index (χ1) is 13.6. The van der Waals surface area contributed by atoms with Crippen LogP contribution in [0.5, 0.6) is 11.5 Å². The lowest BCUT2D eigenvalue weighted by Crippen LogP contribution is -2.05. The Bertz CT molecular complexity index is 1240. The number of hydrogen-bond acceptors (Lipinski definition) is 5. The number of ketones is 1. The molecule has 2 aromatic heterocycles. The van der Waals surface area contributed by atoms with Gasteiger partial charge in [0.25, 0.3) is 0 Å². The van der Waals surface area contributed by atoms with Crippen molar-refractivity contribution >= 4 is 22.5 Å². The number of anilines is 1. The summed E-state index contributed by atoms with van der Waals surface area (Å²) in [5, 5.41) is 9.64. The fraction of sp³-hybridized carbons (Fsp3) is 0.0455. The van der Waals surface area contributed by atoms with Gasteiger partial charge in [-0.25, -0.2) is 4.98 Å². The maximum absolute atomic E-state index is 13.1. The Morgan fingerprint density at radius 3 is 2.64 bits per heavy atom. The molecule has 0 saturated carbocycles. The SMILES string of the molecule is Cc1cc(Oc2ccccc2)ccc1C(=O)c1c[nH]c2ncc(C#N)c(N)c12. The minimum absolute atomic E-state index is 0.196. The summed E-state index contributed by atoms with van der Waals surface area (Å²) in [6.07, 6.45) is 2.97. The van der Waals surface area contributed by atoms with E-state index in [1.165, 1.54) is 6.20 Å². The molecule has 0 spiro atoms. The summed E-state index contributed by atoms with van der Waals surface area (Å²) in [4.78, 5) is 20.2. The molecule has 6 heteroatoms. The van der Waals surface area contributed by atoms with E-state index in [-0.39, 0.29) is 17.0 Å². The standard InChI is InChI=1S/C22H16N4O2/c1-13-9-16(28-15-5-3-2-4-6-15)7-8-17(13)21(27)18-12-26-22-19(18)20(24)14(10-23)11-25-22/h2-9,11-12H,1H3,(H3,24,25,26). The molecule has 0 unspecified atom stereocenters. The van der Waals surface area contributed by atoms with E-state index in [1.54, 1.807) is 18.3 Å². The lowest BCUT2D eigenvalue weighted by Gasteiger charge is -2.10. The highest BCUT2D eigenvalue weighted by Gasteiger charge is 2.20. The van der Waals surface area contributed by atoms with Gasteiger partial charge in [0.15, 0.2) is 5.78 Å². The molecule has 6 nitrogen and oxygen atoms in total. The number of aromatic nitrogens is 2. The molecule has 4 rings (SSSR count). The minimum Gasteiger partial charge on any atom is -0.457 e. The summed E-state index contributed by atoms with van der Waals surface area (Å²) in [7, 11) is 0. The smallest absolute Gasteiger partial charge is 0.195 e. The molecule has 4 aromatic rings. The van der Waals surface area contributed by atoms with Gasteiger partial charge in [0.05, 0.1) is 22.2 Å². The average Bonchev–Trinajstić information content (AvgIpc) is 3.14. The highest BCUT2D eigenvalue weighted by Crippen LogP contribution is 2.30. The third-order valence-electron chi connectivity index (χ3n) is 4.53. The van der Waals surface area contributed by atoms with Gasteiger partial charge in [0, 0.05) is 18.0 Å². The third kappa shape index (κ3) is 2.95. The van der Waals surface area contributed by atoms with Crippen LogP contribution in [-0.2, 0) is 0 Å². The number of aryl methyl sites for hydroxylation is 1. The number of nitrogens with one attached hydrogen (secondary N) is 1. The zero-order valence-electron chi connectivity index (χ0n) is 15.1. The molecule has 0 radical (unpaired) electrons. The summed E-state index contributed by atoms with van der Waals surface area (Å²) >= 11 is 0. The first-order valence-electron chi connectivity index (χ1n) is 8.62. The summed E-state index contributed by atoms with van der Waals surface area (Å²) < 4.78 is 5.82. The predicted molar refractivity (Wildman–Crippen MR) is 106 cm³/mol. The second-order valence-electron chi connectivity index (χ2n) is 6.34. The number of H-pyrrole nitrogens is 1. The largest absolute Gasteiger partial charge is 0.457 e. The number of nitrogens with zero attached hydrogens (tertiary/aromatic N) is 2. The van der Waals surface area contributed by atoms with Crippen molar-refractivity contribution in [1.82, 2.24) is 9.97 Å². The number of aromatic amines is 1. The lowest BCUT2D eigenvalue weighted by molar-refractivity contribution is 0.103. The van der Waals surface area contributed by atoms with Crippen molar-refractivity contribution < 1.29 is 9.53 Å². The van der Waals surface area contributed by atoms with Gasteiger partial charge in [0.1, 0.15) is 23.2 Å². The number of fused-ring (bicyclic) bond motifs is 1. The van der Waals surface area contributed by atoms with E-state index in [2.05, 4.69) is 9.97 Å². The Morgan fingerprint density at radius 2 is 1.93 bits per heavy atom. The molecule has 0 aliphatic carbocycles. The zero-order chi connectivity index (χ0) is 19.7. The molecular formula is C22H16N4O2. The lowest BCUT2D eigenvalue weighted by atomic mass is 9.98. The van der Waals surface area contributed by atoms with Gasteiger partial charge in [-0.15, -0.1) is 0 Å². The van der Waals surface area contributed by atoms with Gasteiger partial charge in [-0.3, -0.25) is 4.79 Å². The van der Waals surface area contributed by atoms with Crippen molar-refractivity contribution in [2.45, 2.75) is 6.92 Å².